The summed E-state index contributed by atoms with van der Waals surface area (Å²) in [7, 11) is 1.39. The topological polar surface area (TPSA) is 58.6 Å². The summed E-state index contributed by atoms with van der Waals surface area (Å²) >= 11 is 0. The molecule has 0 radical (unpaired) electrons. The molecule has 0 saturated heterocycles. The van der Waals surface area contributed by atoms with Gasteiger partial charge in [-0.25, -0.2) is 4.39 Å². The summed E-state index contributed by atoms with van der Waals surface area (Å²) in [5.74, 6) is -1.74. The zero-order chi connectivity index (χ0) is 17.9. The highest BCUT2D eigenvalue weighted by Crippen LogP contribution is 2.32. The molecule has 0 aromatic heterocycles. The van der Waals surface area contributed by atoms with Crippen molar-refractivity contribution in [3.05, 3.63) is 59.4 Å². The van der Waals surface area contributed by atoms with E-state index >= 15 is 0 Å². The molecular formula is C16H13F4NO3. The number of amides is 1. The number of halogens is 4. The third kappa shape index (κ3) is 4.02. The molecule has 0 aliphatic rings. The molecule has 2 aromatic carbocycles. The molecule has 0 aliphatic carbocycles. The lowest BCUT2D eigenvalue weighted by Gasteiger charge is -2.14. The van der Waals surface area contributed by atoms with Crippen molar-refractivity contribution in [3.8, 4) is 5.75 Å². The molecule has 0 aliphatic heterocycles. The first-order chi connectivity index (χ1) is 11.2. The minimum atomic E-state index is -4.68. The van der Waals surface area contributed by atoms with Crippen LogP contribution in [-0.2, 0) is 11.0 Å². The van der Waals surface area contributed by atoms with Gasteiger partial charge in [0.1, 0.15) is 11.6 Å². The van der Waals surface area contributed by atoms with Gasteiger partial charge in [0.2, 0.25) is 0 Å². The monoisotopic (exact) mass is 343 g/mol. The Labute approximate surface area is 134 Å². The fraction of sp³-hybridized carbons (Fsp3) is 0.188. The third-order valence-electron chi connectivity index (χ3n) is 3.21. The Morgan fingerprint density at radius 2 is 1.92 bits per heavy atom. The first kappa shape index (κ1) is 17.7. The molecule has 0 bridgehead atoms. The lowest BCUT2D eigenvalue weighted by molar-refractivity contribution is -0.137. The maximum Gasteiger partial charge on any atom is 0.416 e. The van der Waals surface area contributed by atoms with E-state index < -0.39 is 35.3 Å². The van der Waals surface area contributed by atoms with Gasteiger partial charge in [-0.3, -0.25) is 4.79 Å². The molecule has 2 N–H and O–H groups in total. The molecule has 1 amide bonds. The number of carbonyl (C=O) groups is 1. The number of ether oxygens (including phenoxy) is 1. The van der Waals surface area contributed by atoms with Gasteiger partial charge in [0.15, 0.2) is 6.10 Å². The number of hydrogen-bond donors (Lipinski definition) is 2. The number of anilines is 1. The number of methoxy groups -OCH3 is 1. The molecule has 1 atom stereocenters. The number of rotatable bonds is 4. The maximum absolute atomic E-state index is 13.6. The van der Waals surface area contributed by atoms with Crippen LogP contribution in [0.25, 0.3) is 0 Å². The van der Waals surface area contributed by atoms with Gasteiger partial charge < -0.3 is 15.2 Å². The fourth-order valence-corrected chi connectivity index (χ4v) is 1.96. The van der Waals surface area contributed by atoms with Crippen LogP contribution in [0.2, 0.25) is 0 Å². The molecule has 24 heavy (non-hydrogen) atoms. The zero-order valence-electron chi connectivity index (χ0n) is 12.4. The smallest absolute Gasteiger partial charge is 0.416 e. The van der Waals surface area contributed by atoms with E-state index in [4.69, 9.17) is 4.74 Å². The average molecular weight is 343 g/mol. The number of benzene rings is 2. The second-order valence-corrected chi connectivity index (χ2v) is 4.86. The zero-order valence-corrected chi connectivity index (χ0v) is 12.4. The number of aliphatic hydroxyl groups is 1. The van der Waals surface area contributed by atoms with Crippen LogP contribution in [0, 0.1) is 5.82 Å². The van der Waals surface area contributed by atoms with Gasteiger partial charge >= 0.3 is 6.18 Å². The van der Waals surface area contributed by atoms with Crippen molar-refractivity contribution in [1.29, 1.82) is 0 Å². The van der Waals surface area contributed by atoms with E-state index in [1.807, 2.05) is 5.32 Å². The van der Waals surface area contributed by atoms with Gasteiger partial charge in [0.25, 0.3) is 5.91 Å². The van der Waals surface area contributed by atoms with Crippen LogP contribution in [0.5, 0.6) is 5.75 Å². The molecule has 4 nitrogen and oxygen atoms in total. The van der Waals surface area contributed by atoms with Gasteiger partial charge in [-0.15, -0.1) is 0 Å². The normalized spacial score (nSPS) is 12.6. The SMILES string of the molecule is COc1cccc(C(O)C(=O)Nc2cc(C(F)(F)F)ccc2F)c1. The van der Waals surface area contributed by atoms with Crippen molar-refractivity contribution < 1.29 is 32.2 Å². The fourth-order valence-electron chi connectivity index (χ4n) is 1.96. The summed E-state index contributed by atoms with van der Waals surface area (Å²) in [5.41, 5.74) is -1.63. The second kappa shape index (κ2) is 6.88. The average Bonchev–Trinajstić information content (AvgIpc) is 2.55. The molecule has 0 spiro atoms. The number of alkyl halides is 3. The first-order valence-corrected chi connectivity index (χ1v) is 6.72. The largest absolute Gasteiger partial charge is 0.497 e. The van der Waals surface area contributed by atoms with Crippen molar-refractivity contribution in [2.75, 3.05) is 12.4 Å². The van der Waals surface area contributed by atoms with E-state index in [-0.39, 0.29) is 5.56 Å². The Morgan fingerprint density at radius 1 is 1.21 bits per heavy atom. The van der Waals surface area contributed by atoms with Crippen molar-refractivity contribution in [1.82, 2.24) is 0 Å². The standard InChI is InChI=1S/C16H13F4NO3/c1-24-11-4-2-3-9(7-11)14(22)15(23)21-13-8-10(16(18,19)20)5-6-12(13)17/h2-8,14,22H,1H3,(H,21,23). The van der Waals surface area contributed by atoms with Gasteiger partial charge in [-0.2, -0.15) is 13.2 Å². The molecule has 8 heteroatoms. The molecule has 2 rings (SSSR count). The van der Waals surface area contributed by atoms with Crippen LogP contribution in [0.1, 0.15) is 17.2 Å². The van der Waals surface area contributed by atoms with Crippen LogP contribution < -0.4 is 10.1 Å². The Balaban J connectivity index is 2.22. The number of carbonyl (C=O) groups excluding carboxylic acids is 1. The molecule has 128 valence electrons. The van der Waals surface area contributed by atoms with Crippen LogP contribution in [0.15, 0.2) is 42.5 Å². The van der Waals surface area contributed by atoms with E-state index in [1.54, 1.807) is 6.07 Å². The predicted octanol–water partition coefficient (Wildman–Crippen LogP) is 3.53. The van der Waals surface area contributed by atoms with E-state index in [2.05, 4.69) is 0 Å². The Morgan fingerprint density at radius 3 is 2.54 bits per heavy atom. The van der Waals surface area contributed by atoms with Gasteiger partial charge in [0, 0.05) is 0 Å². The second-order valence-electron chi connectivity index (χ2n) is 4.86. The van der Waals surface area contributed by atoms with Crippen molar-refractivity contribution >= 4 is 11.6 Å². The third-order valence-corrected chi connectivity index (χ3v) is 3.21. The minimum absolute atomic E-state index is 0.152. The summed E-state index contributed by atoms with van der Waals surface area (Å²) in [5, 5.41) is 11.9. The Hall–Kier alpha value is -2.61. The molecule has 0 heterocycles. The molecular weight excluding hydrogens is 330 g/mol. The predicted molar refractivity (Wildman–Crippen MR) is 78.0 cm³/mol. The summed E-state index contributed by atoms with van der Waals surface area (Å²) in [6, 6.07) is 7.53. The number of aliphatic hydroxyl groups excluding tert-OH is 1. The molecule has 0 saturated carbocycles. The van der Waals surface area contributed by atoms with E-state index in [9.17, 15) is 27.5 Å². The van der Waals surface area contributed by atoms with Crippen molar-refractivity contribution in [2.45, 2.75) is 12.3 Å². The quantitative estimate of drug-likeness (QED) is 0.835. The summed E-state index contributed by atoms with van der Waals surface area (Å²) < 4.78 is 56.5. The summed E-state index contributed by atoms with van der Waals surface area (Å²) in [6.45, 7) is 0. The summed E-state index contributed by atoms with van der Waals surface area (Å²) in [6.07, 6.45) is -6.38. The van der Waals surface area contributed by atoms with Crippen LogP contribution in [0.4, 0.5) is 23.2 Å². The van der Waals surface area contributed by atoms with Crippen LogP contribution in [-0.4, -0.2) is 18.1 Å². The highest BCUT2D eigenvalue weighted by Gasteiger charge is 2.31. The molecule has 1 unspecified atom stereocenters. The van der Waals surface area contributed by atoms with E-state index in [1.165, 1.54) is 25.3 Å². The maximum atomic E-state index is 13.6. The van der Waals surface area contributed by atoms with Gasteiger partial charge in [0.05, 0.1) is 18.4 Å². The summed E-state index contributed by atoms with van der Waals surface area (Å²) in [4.78, 5) is 12.0. The first-order valence-electron chi connectivity index (χ1n) is 6.72. The Bertz CT molecular complexity index is 746. The van der Waals surface area contributed by atoms with Crippen molar-refractivity contribution in [3.63, 3.8) is 0 Å². The lowest BCUT2D eigenvalue weighted by atomic mass is 10.1. The lowest BCUT2D eigenvalue weighted by Crippen LogP contribution is -2.22. The number of nitrogens with one attached hydrogen (secondary N) is 1. The highest BCUT2D eigenvalue weighted by molar-refractivity contribution is 5.94. The van der Waals surface area contributed by atoms with Crippen LogP contribution in [0.3, 0.4) is 0 Å². The van der Waals surface area contributed by atoms with Crippen molar-refractivity contribution in [2.24, 2.45) is 0 Å². The van der Waals surface area contributed by atoms with Gasteiger partial charge in [-0.05, 0) is 35.9 Å². The minimum Gasteiger partial charge on any atom is -0.497 e. The molecule has 0 fully saturated rings. The molecule has 2 aromatic rings. The Kier molecular flexibility index (Phi) is 5.08. The highest BCUT2D eigenvalue weighted by atomic mass is 19.4. The van der Waals surface area contributed by atoms with E-state index in [0.717, 1.165) is 0 Å². The number of hydrogen-bond acceptors (Lipinski definition) is 3. The van der Waals surface area contributed by atoms with Gasteiger partial charge in [-0.1, -0.05) is 12.1 Å². The van der Waals surface area contributed by atoms with Crippen LogP contribution >= 0.6 is 0 Å². The van der Waals surface area contributed by atoms with E-state index in [0.29, 0.717) is 23.9 Å².